The third-order valence-corrected chi connectivity index (χ3v) is 4.29. The third-order valence-electron chi connectivity index (χ3n) is 4.29. The Hall–Kier alpha value is -2.96. The van der Waals surface area contributed by atoms with Crippen LogP contribution >= 0.6 is 0 Å². The molecule has 1 aliphatic rings. The molecule has 1 fully saturated rings. The van der Waals surface area contributed by atoms with Crippen LogP contribution in [0.1, 0.15) is 18.9 Å². The number of carbonyl (C=O) groups is 1. The fourth-order valence-electron chi connectivity index (χ4n) is 2.92. The zero-order chi connectivity index (χ0) is 18.4. The highest BCUT2D eigenvalue weighted by Crippen LogP contribution is 2.30. The summed E-state index contributed by atoms with van der Waals surface area (Å²) in [7, 11) is 1.31. The van der Waals surface area contributed by atoms with Crippen molar-refractivity contribution in [3.63, 3.8) is 0 Å². The van der Waals surface area contributed by atoms with Gasteiger partial charge in [0, 0.05) is 17.8 Å². The molecule has 8 nitrogen and oxygen atoms in total. The first-order valence-corrected chi connectivity index (χ1v) is 8.39. The van der Waals surface area contributed by atoms with E-state index in [0.29, 0.717) is 11.7 Å². The number of piperidine rings is 1. The number of aliphatic imine (C=N–C) groups is 1. The summed E-state index contributed by atoms with van der Waals surface area (Å²) in [6.45, 7) is 1.71. The SMILES string of the molecule is COC(=O)COc1ccc(-c2cn(C3CCNCC3)c(N=C=O)n2)cc1. The molecule has 2 aromatic rings. The third kappa shape index (κ3) is 4.17. The molecule has 0 saturated carbocycles. The van der Waals surface area contributed by atoms with E-state index in [4.69, 9.17) is 4.74 Å². The van der Waals surface area contributed by atoms with Crippen LogP contribution in [0.4, 0.5) is 5.95 Å². The molecule has 2 heterocycles. The van der Waals surface area contributed by atoms with Crippen molar-refractivity contribution in [3.8, 4) is 17.0 Å². The van der Waals surface area contributed by atoms with E-state index >= 15 is 0 Å². The Labute approximate surface area is 150 Å². The van der Waals surface area contributed by atoms with Crippen molar-refractivity contribution in [2.75, 3.05) is 26.8 Å². The number of rotatable bonds is 6. The van der Waals surface area contributed by atoms with E-state index in [2.05, 4.69) is 20.0 Å². The number of imidazole rings is 1. The molecular weight excluding hydrogens is 336 g/mol. The molecule has 136 valence electrons. The van der Waals surface area contributed by atoms with Gasteiger partial charge in [-0.25, -0.2) is 14.6 Å². The molecule has 1 saturated heterocycles. The second kappa shape index (κ2) is 8.42. The van der Waals surface area contributed by atoms with Gasteiger partial charge in [0.05, 0.1) is 12.8 Å². The van der Waals surface area contributed by atoms with Crippen LogP contribution in [0.15, 0.2) is 35.5 Å². The maximum Gasteiger partial charge on any atom is 0.343 e. The maximum absolute atomic E-state index is 11.1. The number of hydrogen-bond donors (Lipinski definition) is 1. The van der Waals surface area contributed by atoms with Gasteiger partial charge in [0.1, 0.15) is 5.75 Å². The lowest BCUT2D eigenvalue weighted by Crippen LogP contribution is -2.29. The minimum atomic E-state index is -0.439. The Morgan fingerprint density at radius 3 is 2.73 bits per heavy atom. The second-order valence-electron chi connectivity index (χ2n) is 5.91. The first-order valence-electron chi connectivity index (χ1n) is 8.39. The van der Waals surface area contributed by atoms with E-state index in [1.165, 1.54) is 7.11 Å². The molecule has 0 aliphatic carbocycles. The van der Waals surface area contributed by atoms with Gasteiger partial charge in [0.2, 0.25) is 12.0 Å². The van der Waals surface area contributed by atoms with Gasteiger partial charge in [-0.1, -0.05) is 0 Å². The smallest absolute Gasteiger partial charge is 0.343 e. The molecule has 3 rings (SSSR count). The summed E-state index contributed by atoms with van der Waals surface area (Å²) >= 11 is 0. The van der Waals surface area contributed by atoms with Crippen LogP contribution in [0.5, 0.6) is 5.75 Å². The fraction of sp³-hybridized carbons (Fsp3) is 0.389. The van der Waals surface area contributed by atoms with Gasteiger partial charge < -0.3 is 19.4 Å². The van der Waals surface area contributed by atoms with Crippen LogP contribution in [0.3, 0.4) is 0 Å². The molecule has 0 amide bonds. The number of benzene rings is 1. The van der Waals surface area contributed by atoms with E-state index < -0.39 is 5.97 Å². The predicted octanol–water partition coefficient (Wildman–Crippen LogP) is 1.99. The van der Waals surface area contributed by atoms with Gasteiger partial charge in [-0.05, 0) is 50.2 Å². The topological polar surface area (TPSA) is 94.8 Å². The van der Waals surface area contributed by atoms with Crippen LogP contribution in [0.25, 0.3) is 11.3 Å². The Bertz CT molecular complexity index is 803. The molecule has 0 unspecified atom stereocenters. The van der Waals surface area contributed by atoms with Crippen molar-refractivity contribution < 1.29 is 19.1 Å². The number of nitrogens with zero attached hydrogens (tertiary/aromatic N) is 3. The second-order valence-corrected chi connectivity index (χ2v) is 5.91. The molecule has 1 aliphatic heterocycles. The van der Waals surface area contributed by atoms with Crippen molar-refractivity contribution in [1.29, 1.82) is 0 Å². The number of methoxy groups -OCH3 is 1. The Balaban J connectivity index is 1.80. The number of isocyanates is 1. The number of ether oxygens (including phenoxy) is 2. The molecule has 0 spiro atoms. The zero-order valence-corrected chi connectivity index (χ0v) is 14.5. The van der Waals surface area contributed by atoms with Crippen LogP contribution in [-0.2, 0) is 14.3 Å². The van der Waals surface area contributed by atoms with Crippen molar-refractivity contribution in [2.24, 2.45) is 4.99 Å². The molecule has 8 heteroatoms. The van der Waals surface area contributed by atoms with Gasteiger partial charge in [-0.3, -0.25) is 0 Å². The maximum atomic E-state index is 11.1. The summed E-state index contributed by atoms with van der Waals surface area (Å²) in [5, 5.41) is 3.32. The molecule has 0 atom stereocenters. The average Bonchev–Trinajstić information content (AvgIpc) is 3.11. The minimum absolute atomic E-state index is 0.140. The van der Waals surface area contributed by atoms with Crippen molar-refractivity contribution in [3.05, 3.63) is 30.5 Å². The van der Waals surface area contributed by atoms with Crippen LogP contribution in [0.2, 0.25) is 0 Å². The van der Waals surface area contributed by atoms with E-state index in [-0.39, 0.29) is 12.6 Å². The minimum Gasteiger partial charge on any atom is -0.482 e. The van der Waals surface area contributed by atoms with Gasteiger partial charge in [0.25, 0.3) is 0 Å². The Kier molecular flexibility index (Phi) is 5.78. The lowest BCUT2D eigenvalue weighted by molar-refractivity contribution is -0.142. The molecule has 1 aromatic heterocycles. The normalized spacial score (nSPS) is 14.5. The van der Waals surface area contributed by atoms with Crippen molar-refractivity contribution in [1.82, 2.24) is 14.9 Å². The summed E-state index contributed by atoms with van der Waals surface area (Å²) in [5.41, 5.74) is 1.59. The van der Waals surface area contributed by atoms with Gasteiger partial charge >= 0.3 is 5.97 Å². The Morgan fingerprint density at radius 1 is 1.35 bits per heavy atom. The molecule has 0 radical (unpaired) electrons. The van der Waals surface area contributed by atoms with Gasteiger partial charge in [0.15, 0.2) is 6.61 Å². The van der Waals surface area contributed by atoms with E-state index in [9.17, 15) is 9.59 Å². The predicted molar refractivity (Wildman–Crippen MR) is 94.1 cm³/mol. The zero-order valence-electron chi connectivity index (χ0n) is 14.5. The van der Waals surface area contributed by atoms with Crippen LogP contribution in [0, 0.1) is 0 Å². The van der Waals surface area contributed by atoms with Crippen LogP contribution in [-0.4, -0.2) is 48.4 Å². The number of esters is 1. The van der Waals surface area contributed by atoms with E-state index in [1.54, 1.807) is 18.2 Å². The number of hydrogen-bond acceptors (Lipinski definition) is 7. The monoisotopic (exact) mass is 356 g/mol. The Morgan fingerprint density at radius 2 is 2.08 bits per heavy atom. The molecular formula is C18H20N4O4. The standard InChI is InChI=1S/C18H20N4O4/c1-25-17(24)11-26-15-4-2-13(3-5-15)16-10-22(18(21-16)20-12-23)14-6-8-19-9-7-14/h2-5,10,14,19H,6-9,11H2,1H3. The van der Waals surface area contributed by atoms with E-state index in [0.717, 1.165) is 37.2 Å². The lowest BCUT2D eigenvalue weighted by atomic mass is 10.1. The van der Waals surface area contributed by atoms with Gasteiger partial charge in [-0.2, -0.15) is 0 Å². The molecule has 1 N–H and O–H groups in total. The van der Waals surface area contributed by atoms with E-state index in [1.807, 2.05) is 22.9 Å². The highest BCUT2D eigenvalue weighted by Gasteiger charge is 2.20. The largest absolute Gasteiger partial charge is 0.482 e. The summed E-state index contributed by atoms with van der Waals surface area (Å²) in [6.07, 6.45) is 5.41. The summed E-state index contributed by atoms with van der Waals surface area (Å²) < 4.78 is 11.8. The quantitative estimate of drug-likeness (QED) is 0.483. The molecule has 26 heavy (non-hydrogen) atoms. The molecule has 1 aromatic carbocycles. The number of aromatic nitrogens is 2. The highest BCUT2D eigenvalue weighted by atomic mass is 16.6. The first-order chi connectivity index (χ1) is 12.7. The fourth-order valence-corrected chi connectivity index (χ4v) is 2.92. The first kappa shape index (κ1) is 17.8. The average molecular weight is 356 g/mol. The summed E-state index contributed by atoms with van der Waals surface area (Å²) in [4.78, 5) is 30.1. The number of carbonyl (C=O) groups excluding carboxylic acids is 2. The van der Waals surface area contributed by atoms with Crippen LogP contribution < -0.4 is 10.1 Å². The van der Waals surface area contributed by atoms with Crippen molar-refractivity contribution >= 4 is 18.0 Å². The number of nitrogens with one attached hydrogen (secondary N) is 1. The summed E-state index contributed by atoms with van der Waals surface area (Å²) in [5.74, 6) is 0.488. The van der Waals surface area contributed by atoms with Gasteiger partial charge in [-0.15, -0.1) is 4.99 Å². The summed E-state index contributed by atoms with van der Waals surface area (Å²) in [6, 6.07) is 7.45. The lowest BCUT2D eigenvalue weighted by Gasteiger charge is -2.24. The highest BCUT2D eigenvalue weighted by molar-refractivity contribution is 5.71. The van der Waals surface area contributed by atoms with Crippen molar-refractivity contribution in [2.45, 2.75) is 18.9 Å². The molecule has 0 bridgehead atoms.